The first-order valence-corrected chi connectivity index (χ1v) is 8.09. The molecule has 2 N–H and O–H groups in total. The first-order valence-electron chi connectivity index (χ1n) is 8.09. The lowest BCUT2D eigenvalue weighted by molar-refractivity contribution is -0.140. The monoisotopic (exact) mass is 282 g/mol. The molecule has 0 aromatic carbocycles. The Kier molecular flexibility index (Phi) is 5.08. The van der Waals surface area contributed by atoms with E-state index in [0.717, 1.165) is 12.8 Å². The molecule has 4 nitrogen and oxygen atoms in total. The van der Waals surface area contributed by atoms with Crippen LogP contribution in [0.2, 0.25) is 0 Å². The Hall–Kier alpha value is -0.610. The zero-order valence-corrected chi connectivity index (χ0v) is 13.3. The molecule has 6 atom stereocenters. The lowest BCUT2D eigenvalue weighted by Crippen LogP contribution is -2.49. The molecule has 4 heteroatoms. The predicted octanol–water partition coefficient (Wildman–Crippen LogP) is 2.02. The summed E-state index contributed by atoms with van der Waals surface area (Å²) >= 11 is 0. The molecule has 0 bridgehead atoms. The fourth-order valence-electron chi connectivity index (χ4n) is 4.06. The van der Waals surface area contributed by atoms with Crippen LogP contribution in [0.5, 0.6) is 0 Å². The molecule has 2 fully saturated rings. The first kappa shape index (κ1) is 15.8. The molecule has 0 spiro atoms. The molecule has 1 saturated carbocycles. The maximum absolute atomic E-state index is 12.9. The number of hydrogen-bond acceptors (Lipinski definition) is 3. The number of nitrogens with zero attached hydrogens (tertiary/aromatic N) is 1. The second-order valence-corrected chi connectivity index (χ2v) is 6.73. The number of nitrogens with two attached hydrogens (primary N) is 1. The predicted molar refractivity (Wildman–Crippen MR) is 80.2 cm³/mol. The molecule has 6 unspecified atom stereocenters. The van der Waals surface area contributed by atoms with Gasteiger partial charge in [-0.25, -0.2) is 0 Å². The molecule has 1 heterocycles. The van der Waals surface area contributed by atoms with Crippen molar-refractivity contribution in [2.45, 2.75) is 64.7 Å². The average Bonchev–Trinajstić information content (AvgIpc) is 2.70. The average molecular weight is 282 g/mol. The van der Waals surface area contributed by atoms with Crippen molar-refractivity contribution in [2.75, 3.05) is 13.6 Å². The Morgan fingerprint density at radius 1 is 1.20 bits per heavy atom. The topological polar surface area (TPSA) is 55.6 Å². The van der Waals surface area contributed by atoms with Gasteiger partial charge in [0, 0.05) is 13.1 Å². The Balaban J connectivity index is 2.07. The van der Waals surface area contributed by atoms with Gasteiger partial charge in [0.05, 0.1) is 18.1 Å². The molecule has 1 amide bonds. The van der Waals surface area contributed by atoms with Crippen molar-refractivity contribution >= 4 is 5.91 Å². The zero-order valence-electron chi connectivity index (χ0n) is 13.3. The first-order chi connectivity index (χ1) is 9.47. The van der Waals surface area contributed by atoms with Gasteiger partial charge in [0.15, 0.2) is 0 Å². The van der Waals surface area contributed by atoms with E-state index in [1.165, 1.54) is 12.8 Å². The van der Waals surface area contributed by atoms with Crippen LogP contribution in [0, 0.1) is 17.8 Å². The van der Waals surface area contributed by atoms with Crippen LogP contribution in [0.3, 0.4) is 0 Å². The molecular formula is C16H30N2O2. The van der Waals surface area contributed by atoms with Crippen molar-refractivity contribution in [3.05, 3.63) is 0 Å². The highest BCUT2D eigenvalue weighted by molar-refractivity contribution is 5.80. The van der Waals surface area contributed by atoms with Gasteiger partial charge >= 0.3 is 0 Å². The molecule has 1 aliphatic carbocycles. The van der Waals surface area contributed by atoms with Crippen molar-refractivity contribution in [3.8, 4) is 0 Å². The zero-order chi connectivity index (χ0) is 14.9. The van der Waals surface area contributed by atoms with E-state index in [4.69, 9.17) is 10.5 Å². The number of rotatable bonds is 3. The van der Waals surface area contributed by atoms with Crippen LogP contribution in [0.4, 0.5) is 0 Å². The second-order valence-electron chi connectivity index (χ2n) is 6.73. The van der Waals surface area contributed by atoms with Crippen molar-refractivity contribution in [3.63, 3.8) is 0 Å². The minimum atomic E-state index is -0.00430. The van der Waals surface area contributed by atoms with Crippen LogP contribution < -0.4 is 5.73 Å². The summed E-state index contributed by atoms with van der Waals surface area (Å²) in [6, 6.07) is 0.316. The lowest BCUT2D eigenvalue weighted by Gasteiger charge is -2.39. The molecule has 2 rings (SSSR count). The van der Waals surface area contributed by atoms with Crippen LogP contribution in [0.1, 0.15) is 46.5 Å². The largest absolute Gasteiger partial charge is 0.374 e. The highest BCUT2D eigenvalue weighted by Gasteiger charge is 2.44. The van der Waals surface area contributed by atoms with Gasteiger partial charge in [-0.05, 0) is 45.1 Å². The SMILES string of the molecule is CC1OC(C)C(C(=O)N(C)C2CCCCC2CN)C1C. The second kappa shape index (κ2) is 6.44. The van der Waals surface area contributed by atoms with Crippen LogP contribution in [0.25, 0.3) is 0 Å². The summed E-state index contributed by atoms with van der Waals surface area (Å²) in [5.41, 5.74) is 5.90. The fraction of sp³-hybridized carbons (Fsp3) is 0.938. The highest BCUT2D eigenvalue weighted by Crippen LogP contribution is 2.35. The van der Waals surface area contributed by atoms with Gasteiger partial charge in [-0.1, -0.05) is 19.8 Å². The van der Waals surface area contributed by atoms with E-state index in [1.807, 2.05) is 18.9 Å². The van der Waals surface area contributed by atoms with Gasteiger partial charge in [0.2, 0.25) is 5.91 Å². The summed E-state index contributed by atoms with van der Waals surface area (Å²) in [7, 11) is 1.96. The van der Waals surface area contributed by atoms with Crippen molar-refractivity contribution < 1.29 is 9.53 Å². The fourth-order valence-corrected chi connectivity index (χ4v) is 4.06. The van der Waals surface area contributed by atoms with Crippen LogP contribution in [0.15, 0.2) is 0 Å². The third kappa shape index (κ3) is 2.86. The van der Waals surface area contributed by atoms with E-state index in [2.05, 4.69) is 13.8 Å². The highest BCUT2D eigenvalue weighted by atomic mass is 16.5. The van der Waals surface area contributed by atoms with Crippen molar-refractivity contribution in [2.24, 2.45) is 23.5 Å². The van der Waals surface area contributed by atoms with E-state index in [0.29, 0.717) is 24.4 Å². The Bertz CT molecular complexity index is 347. The molecular weight excluding hydrogens is 252 g/mol. The maximum Gasteiger partial charge on any atom is 0.228 e. The Labute approximate surface area is 123 Å². The smallest absolute Gasteiger partial charge is 0.228 e. The molecule has 1 aliphatic heterocycles. The quantitative estimate of drug-likeness (QED) is 0.861. The summed E-state index contributed by atoms with van der Waals surface area (Å²) in [5, 5.41) is 0. The van der Waals surface area contributed by atoms with E-state index < -0.39 is 0 Å². The van der Waals surface area contributed by atoms with Crippen molar-refractivity contribution in [1.29, 1.82) is 0 Å². The lowest BCUT2D eigenvalue weighted by atomic mass is 9.82. The van der Waals surface area contributed by atoms with Crippen LogP contribution >= 0.6 is 0 Å². The molecule has 2 aliphatic rings. The van der Waals surface area contributed by atoms with E-state index >= 15 is 0 Å². The third-order valence-electron chi connectivity index (χ3n) is 5.54. The molecule has 20 heavy (non-hydrogen) atoms. The summed E-state index contributed by atoms with van der Waals surface area (Å²) < 4.78 is 5.83. The molecule has 1 saturated heterocycles. The van der Waals surface area contributed by atoms with Gasteiger partial charge in [-0.3, -0.25) is 4.79 Å². The number of carbonyl (C=O) groups excluding carboxylic acids is 1. The number of hydrogen-bond donors (Lipinski definition) is 1. The molecule has 0 radical (unpaired) electrons. The molecule has 0 aromatic rings. The molecule has 0 aromatic heterocycles. The summed E-state index contributed by atoms with van der Waals surface area (Å²) in [6.07, 6.45) is 4.90. The van der Waals surface area contributed by atoms with Gasteiger partial charge in [-0.15, -0.1) is 0 Å². The van der Waals surface area contributed by atoms with E-state index in [-0.39, 0.29) is 24.0 Å². The van der Waals surface area contributed by atoms with Gasteiger partial charge in [-0.2, -0.15) is 0 Å². The number of carbonyl (C=O) groups is 1. The maximum atomic E-state index is 12.9. The molecule has 116 valence electrons. The van der Waals surface area contributed by atoms with Crippen LogP contribution in [-0.4, -0.2) is 42.6 Å². The summed E-state index contributed by atoms with van der Waals surface area (Å²) in [6.45, 7) is 6.91. The van der Waals surface area contributed by atoms with E-state index in [9.17, 15) is 4.79 Å². The summed E-state index contributed by atoms with van der Waals surface area (Å²) in [5.74, 6) is 0.998. The Morgan fingerprint density at radius 2 is 1.85 bits per heavy atom. The standard InChI is InChI=1S/C16H30N2O2/c1-10-11(2)20-12(3)15(10)16(19)18(4)14-8-6-5-7-13(14)9-17/h10-15H,5-9,17H2,1-4H3. The summed E-state index contributed by atoms with van der Waals surface area (Å²) in [4.78, 5) is 14.9. The van der Waals surface area contributed by atoms with Gasteiger partial charge in [0.25, 0.3) is 0 Å². The minimum Gasteiger partial charge on any atom is -0.374 e. The van der Waals surface area contributed by atoms with Crippen LogP contribution in [-0.2, 0) is 9.53 Å². The normalized spacial score (nSPS) is 41.6. The minimum absolute atomic E-state index is 0.00430. The van der Waals surface area contributed by atoms with E-state index in [1.54, 1.807) is 0 Å². The number of amides is 1. The number of ether oxygens (including phenoxy) is 1. The van der Waals surface area contributed by atoms with Crippen molar-refractivity contribution in [1.82, 2.24) is 4.90 Å². The Morgan fingerprint density at radius 3 is 2.40 bits per heavy atom. The third-order valence-corrected chi connectivity index (χ3v) is 5.54. The van der Waals surface area contributed by atoms with Gasteiger partial charge in [0.1, 0.15) is 0 Å². The van der Waals surface area contributed by atoms with Gasteiger partial charge < -0.3 is 15.4 Å².